The Morgan fingerprint density at radius 2 is 1.50 bits per heavy atom. The maximum atomic E-state index is 13.5. The van der Waals surface area contributed by atoms with Crippen molar-refractivity contribution in [2.24, 2.45) is 0 Å². The molecule has 40 heavy (non-hydrogen) atoms. The summed E-state index contributed by atoms with van der Waals surface area (Å²) in [6.07, 6.45) is 6.47. The van der Waals surface area contributed by atoms with Crippen LogP contribution < -0.4 is 10.1 Å². The molecule has 0 aliphatic carbocycles. The standard InChI is InChI=1S/C34H43N3O3/c1-36(2)22-12-5-3-4-11-21-35-34(39)32-24-29-15-9-10-16-30(29)25-37(32)33(38)23-27-17-19-31(20-18-27)40-26-28-13-7-6-8-14-28/h6-10,13-20,32H,3-5,11-12,21-26H2,1-2H3,(H,35,39). The number of carbonyl (C=O) groups excluding carboxylic acids is 2. The molecule has 6 nitrogen and oxygen atoms in total. The maximum absolute atomic E-state index is 13.5. The highest BCUT2D eigenvalue weighted by Crippen LogP contribution is 2.25. The van der Waals surface area contributed by atoms with E-state index in [1.807, 2.05) is 66.7 Å². The van der Waals surface area contributed by atoms with Crippen LogP contribution in [0.2, 0.25) is 0 Å². The number of benzene rings is 3. The molecule has 1 unspecified atom stereocenters. The third-order valence-corrected chi connectivity index (χ3v) is 7.48. The normalized spacial score (nSPS) is 14.6. The van der Waals surface area contributed by atoms with Crippen LogP contribution in [-0.2, 0) is 35.6 Å². The van der Waals surface area contributed by atoms with Crippen molar-refractivity contribution < 1.29 is 14.3 Å². The number of fused-ring (bicyclic) bond motifs is 1. The summed E-state index contributed by atoms with van der Waals surface area (Å²) in [7, 11) is 4.21. The molecular weight excluding hydrogens is 498 g/mol. The third-order valence-electron chi connectivity index (χ3n) is 7.48. The first-order valence-corrected chi connectivity index (χ1v) is 14.5. The number of hydrogen-bond acceptors (Lipinski definition) is 4. The van der Waals surface area contributed by atoms with Gasteiger partial charge in [0.05, 0.1) is 6.42 Å². The van der Waals surface area contributed by atoms with Crippen LogP contribution in [0.4, 0.5) is 0 Å². The van der Waals surface area contributed by atoms with Crippen LogP contribution in [0.3, 0.4) is 0 Å². The molecule has 0 saturated heterocycles. The quantitative estimate of drug-likeness (QED) is 0.278. The lowest BCUT2D eigenvalue weighted by atomic mass is 9.92. The third kappa shape index (κ3) is 8.95. The Hall–Kier alpha value is -3.64. The van der Waals surface area contributed by atoms with Gasteiger partial charge in [-0.05, 0) is 67.9 Å². The molecule has 3 aromatic rings. The minimum absolute atomic E-state index is 0.0338. The fourth-order valence-corrected chi connectivity index (χ4v) is 5.15. The molecule has 0 fully saturated rings. The second-order valence-electron chi connectivity index (χ2n) is 11.0. The summed E-state index contributed by atoms with van der Waals surface area (Å²) in [6.45, 7) is 2.73. The zero-order valence-electron chi connectivity index (χ0n) is 24.0. The van der Waals surface area contributed by atoms with Crippen LogP contribution in [0.1, 0.15) is 54.4 Å². The largest absolute Gasteiger partial charge is 0.489 e. The van der Waals surface area contributed by atoms with Gasteiger partial charge in [0.1, 0.15) is 18.4 Å². The van der Waals surface area contributed by atoms with Gasteiger partial charge in [-0.1, -0.05) is 86.0 Å². The summed E-state index contributed by atoms with van der Waals surface area (Å²) < 4.78 is 5.89. The molecule has 4 rings (SSSR count). The summed E-state index contributed by atoms with van der Waals surface area (Å²) >= 11 is 0. The molecule has 6 heteroatoms. The summed E-state index contributed by atoms with van der Waals surface area (Å²) in [5.41, 5.74) is 4.27. The molecule has 2 amide bonds. The van der Waals surface area contributed by atoms with Gasteiger partial charge in [0, 0.05) is 19.5 Å². The Morgan fingerprint density at radius 1 is 0.825 bits per heavy atom. The van der Waals surface area contributed by atoms with E-state index in [9.17, 15) is 9.59 Å². The lowest BCUT2D eigenvalue weighted by Gasteiger charge is -2.36. The molecule has 0 radical (unpaired) electrons. The van der Waals surface area contributed by atoms with Crippen molar-refractivity contribution in [3.8, 4) is 5.75 Å². The van der Waals surface area contributed by atoms with Gasteiger partial charge in [0.25, 0.3) is 0 Å². The van der Waals surface area contributed by atoms with Crippen molar-refractivity contribution in [3.63, 3.8) is 0 Å². The van der Waals surface area contributed by atoms with Gasteiger partial charge in [-0.3, -0.25) is 9.59 Å². The Kier molecular flexibility index (Phi) is 11.2. The summed E-state index contributed by atoms with van der Waals surface area (Å²) in [5, 5.41) is 3.12. The first kappa shape index (κ1) is 29.3. The van der Waals surface area contributed by atoms with Crippen molar-refractivity contribution in [2.75, 3.05) is 27.2 Å². The molecule has 1 heterocycles. The number of ether oxygens (including phenoxy) is 1. The van der Waals surface area contributed by atoms with Crippen LogP contribution in [0.5, 0.6) is 5.75 Å². The van der Waals surface area contributed by atoms with Crippen molar-refractivity contribution >= 4 is 11.8 Å². The van der Waals surface area contributed by atoms with Crippen LogP contribution in [0.25, 0.3) is 0 Å². The molecule has 1 atom stereocenters. The fraction of sp³-hybridized carbons (Fsp3) is 0.412. The van der Waals surface area contributed by atoms with E-state index in [0.29, 0.717) is 26.1 Å². The number of unbranched alkanes of at least 4 members (excludes halogenated alkanes) is 4. The molecular formula is C34H43N3O3. The smallest absolute Gasteiger partial charge is 0.243 e. The average molecular weight is 542 g/mol. The van der Waals surface area contributed by atoms with E-state index in [1.165, 1.54) is 19.3 Å². The summed E-state index contributed by atoms with van der Waals surface area (Å²) in [6, 6.07) is 25.3. The van der Waals surface area contributed by atoms with Gasteiger partial charge in [-0.2, -0.15) is 0 Å². The van der Waals surface area contributed by atoms with Crippen molar-refractivity contribution in [2.45, 2.75) is 64.1 Å². The highest BCUT2D eigenvalue weighted by atomic mass is 16.5. The minimum Gasteiger partial charge on any atom is -0.489 e. The number of nitrogens with one attached hydrogen (secondary N) is 1. The molecule has 1 N–H and O–H groups in total. The predicted octanol–water partition coefficient (Wildman–Crippen LogP) is 5.39. The summed E-state index contributed by atoms with van der Waals surface area (Å²) in [4.78, 5) is 30.8. The highest BCUT2D eigenvalue weighted by molar-refractivity contribution is 5.89. The average Bonchev–Trinajstić information content (AvgIpc) is 2.97. The second kappa shape index (κ2) is 15.2. The molecule has 3 aromatic carbocycles. The van der Waals surface area contributed by atoms with Gasteiger partial charge in [0.2, 0.25) is 11.8 Å². The monoisotopic (exact) mass is 541 g/mol. The van der Waals surface area contributed by atoms with E-state index in [2.05, 4.69) is 36.4 Å². The number of hydrogen-bond donors (Lipinski definition) is 1. The fourth-order valence-electron chi connectivity index (χ4n) is 5.15. The highest BCUT2D eigenvalue weighted by Gasteiger charge is 2.34. The molecule has 0 saturated carbocycles. The molecule has 1 aliphatic rings. The van der Waals surface area contributed by atoms with Gasteiger partial charge in [0.15, 0.2) is 0 Å². The molecule has 1 aliphatic heterocycles. The minimum atomic E-state index is -0.490. The number of carbonyl (C=O) groups is 2. The first-order valence-electron chi connectivity index (χ1n) is 14.5. The Bertz CT molecular complexity index is 1210. The lowest BCUT2D eigenvalue weighted by molar-refractivity contribution is -0.141. The number of amides is 2. The van der Waals surface area contributed by atoms with E-state index in [4.69, 9.17) is 4.74 Å². The molecule has 0 spiro atoms. The molecule has 0 aromatic heterocycles. The van der Waals surface area contributed by atoms with Crippen molar-refractivity contribution in [1.29, 1.82) is 0 Å². The zero-order valence-corrected chi connectivity index (χ0v) is 24.0. The van der Waals surface area contributed by atoms with Crippen LogP contribution >= 0.6 is 0 Å². The van der Waals surface area contributed by atoms with Crippen LogP contribution in [0.15, 0.2) is 78.9 Å². The second-order valence-corrected chi connectivity index (χ2v) is 11.0. The Labute approximate surface area is 239 Å². The van der Waals surface area contributed by atoms with Gasteiger partial charge >= 0.3 is 0 Å². The van der Waals surface area contributed by atoms with E-state index >= 15 is 0 Å². The SMILES string of the molecule is CN(C)CCCCCCCNC(=O)C1Cc2ccccc2CN1C(=O)Cc1ccc(OCc2ccccc2)cc1. The van der Waals surface area contributed by atoms with E-state index in [0.717, 1.165) is 47.4 Å². The van der Waals surface area contributed by atoms with Gasteiger partial charge in [-0.15, -0.1) is 0 Å². The Morgan fingerprint density at radius 3 is 2.25 bits per heavy atom. The molecule has 0 bridgehead atoms. The zero-order chi connectivity index (χ0) is 28.2. The summed E-state index contributed by atoms with van der Waals surface area (Å²) in [5.74, 6) is 0.676. The number of rotatable bonds is 14. The lowest BCUT2D eigenvalue weighted by Crippen LogP contribution is -2.53. The van der Waals surface area contributed by atoms with Gasteiger partial charge < -0.3 is 19.9 Å². The predicted molar refractivity (Wildman–Crippen MR) is 160 cm³/mol. The van der Waals surface area contributed by atoms with Gasteiger partial charge in [-0.25, -0.2) is 0 Å². The van der Waals surface area contributed by atoms with Crippen LogP contribution in [-0.4, -0.2) is 54.8 Å². The first-order chi connectivity index (χ1) is 19.5. The van der Waals surface area contributed by atoms with E-state index in [-0.39, 0.29) is 18.2 Å². The number of nitrogens with zero attached hydrogens (tertiary/aromatic N) is 2. The Balaban J connectivity index is 1.30. The maximum Gasteiger partial charge on any atom is 0.243 e. The molecule has 212 valence electrons. The van der Waals surface area contributed by atoms with E-state index in [1.54, 1.807) is 4.90 Å². The van der Waals surface area contributed by atoms with Crippen molar-refractivity contribution in [1.82, 2.24) is 15.1 Å². The van der Waals surface area contributed by atoms with Crippen LogP contribution in [0, 0.1) is 0 Å². The topological polar surface area (TPSA) is 61.9 Å². The van der Waals surface area contributed by atoms with Crippen molar-refractivity contribution in [3.05, 3.63) is 101 Å². The van der Waals surface area contributed by atoms with E-state index < -0.39 is 6.04 Å².